The number of nitrogens with zero attached hydrogens (tertiary/aromatic N) is 3. The van der Waals surface area contributed by atoms with Gasteiger partial charge >= 0.3 is 0 Å². The van der Waals surface area contributed by atoms with E-state index >= 15 is 0 Å². The molecule has 36 heavy (non-hydrogen) atoms. The molecule has 3 amide bonds. The summed E-state index contributed by atoms with van der Waals surface area (Å²) in [5.74, 6) is -2.41. The van der Waals surface area contributed by atoms with E-state index < -0.39 is 29.6 Å². The Morgan fingerprint density at radius 1 is 1.28 bits per heavy atom. The molecule has 10 heteroatoms. The molecular weight excluding hydrogens is 550 g/mol. The van der Waals surface area contributed by atoms with Gasteiger partial charge in [-0.1, -0.05) is 51.8 Å². The van der Waals surface area contributed by atoms with Gasteiger partial charge in [-0.15, -0.1) is 13.2 Å². The number of hydrogen-bond donors (Lipinski definition) is 1. The van der Waals surface area contributed by atoms with Crippen LogP contribution in [0.1, 0.15) is 12.8 Å². The molecule has 1 aromatic carbocycles. The average Bonchev–Trinajstić information content (AvgIpc) is 3.44. The molecule has 1 aromatic rings. The van der Waals surface area contributed by atoms with Gasteiger partial charge in [-0.2, -0.15) is 0 Å². The second-order valence-electron chi connectivity index (χ2n) is 9.47. The van der Waals surface area contributed by atoms with Crippen molar-refractivity contribution in [2.45, 2.75) is 35.4 Å². The zero-order valence-corrected chi connectivity index (χ0v) is 22.5. The standard InChI is InChI=1S/C26H31BrClN3O5/c1-4-11-29(3)23(33)19-20-24(34)31(13-8-14-32)22(26(20)15-16(27)21(19)36-26)25(35)30(12-5-2)18-10-7-6-9-17(18)28/h4-7,9-10,16,19-22,32H,1-2,8,11-15H2,3H3/t16?,19-,20+,21-,22?,26?/m1/s1. The summed E-state index contributed by atoms with van der Waals surface area (Å²) >= 11 is 10.1. The summed E-state index contributed by atoms with van der Waals surface area (Å²) < 4.78 is 6.52. The Kier molecular flexibility index (Phi) is 7.95. The predicted octanol–water partition coefficient (Wildman–Crippen LogP) is 2.63. The minimum absolute atomic E-state index is 0.141. The number of halogens is 2. The van der Waals surface area contributed by atoms with E-state index in [-0.39, 0.29) is 42.2 Å². The summed E-state index contributed by atoms with van der Waals surface area (Å²) in [6.45, 7) is 8.03. The molecule has 0 aliphatic carbocycles. The van der Waals surface area contributed by atoms with Gasteiger partial charge in [-0.25, -0.2) is 0 Å². The van der Waals surface area contributed by atoms with E-state index in [2.05, 4.69) is 29.1 Å². The first-order valence-electron chi connectivity index (χ1n) is 12.0. The maximum atomic E-state index is 14.3. The summed E-state index contributed by atoms with van der Waals surface area (Å²) in [6, 6.07) is 6.01. The van der Waals surface area contributed by atoms with Crippen molar-refractivity contribution in [1.29, 1.82) is 0 Å². The van der Waals surface area contributed by atoms with Crippen LogP contribution in [0, 0.1) is 11.8 Å². The van der Waals surface area contributed by atoms with Gasteiger partial charge in [0.15, 0.2) is 0 Å². The normalized spacial score (nSPS) is 30.3. The third kappa shape index (κ3) is 4.20. The van der Waals surface area contributed by atoms with Crippen LogP contribution in [0.3, 0.4) is 0 Å². The maximum absolute atomic E-state index is 14.3. The Hall–Kier alpha value is -2.20. The lowest BCUT2D eigenvalue weighted by Gasteiger charge is -2.37. The van der Waals surface area contributed by atoms with Crippen molar-refractivity contribution >= 4 is 50.9 Å². The Morgan fingerprint density at radius 3 is 2.61 bits per heavy atom. The number of carbonyl (C=O) groups excluding carboxylic acids is 3. The third-order valence-corrected chi connectivity index (χ3v) is 8.53. The summed E-state index contributed by atoms with van der Waals surface area (Å²) in [4.78, 5) is 46.1. The minimum atomic E-state index is -1.18. The number of aliphatic hydroxyl groups is 1. The Balaban J connectivity index is 1.80. The van der Waals surface area contributed by atoms with Crippen molar-refractivity contribution in [3.05, 3.63) is 54.6 Å². The number of para-hydroxylation sites is 1. The van der Waals surface area contributed by atoms with Crippen molar-refractivity contribution in [2.75, 3.05) is 38.2 Å². The van der Waals surface area contributed by atoms with E-state index in [1.165, 1.54) is 14.7 Å². The molecule has 3 unspecified atom stereocenters. The molecule has 3 aliphatic heterocycles. The molecule has 8 nitrogen and oxygen atoms in total. The van der Waals surface area contributed by atoms with Gasteiger partial charge < -0.3 is 24.5 Å². The number of carbonyl (C=O) groups is 3. The highest BCUT2D eigenvalue weighted by Crippen LogP contribution is 2.60. The van der Waals surface area contributed by atoms with Crippen LogP contribution in [0.5, 0.6) is 0 Å². The molecule has 3 fully saturated rings. The van der Waals surface area contributed by atoms with Gasteiger partial charge in [0.05, 0.1) is 28.6 Å². The number of likely N-dealkylation sites (N-methyl/N-ethyl adjacent to an activating group) is 1. The monoisotopic (exact) mass is 579 g/mol. The molecule has 0 saturated carbocycles. The summed E-state index contributed by atoms with van der Waals surface area (Å²) in [6.07, 6.45) is 3.38. The smallest absolute Gasteiger partial charge is 0.253 e. The fourth-order valence-electron chi connectivity index (χ4n) is 5.97. The van der Waals surface area contributed by atoms with Crippen LogP contribution in [-0.2, 0) is 19.1 Å². The van der Waals surface area contributed by atoms with Crippen LogP contribution < -0.4 is 4.90 Å². The highest BCUT2D eigenvalue weighted by atomic mass is 79.9. The van der Waals surface area contributed by atoms with Crippen LogP contribution in [0.15, 0.2) is 49.6 Å². The SMILES string of the molecule is C=CCN(C)C(=O)[C@H]1[C@@H]2OC3(CC2Br)C(C(=O)N(CC=C)c2ccccc2Cl)N(CCCO)C(=O)[C@H]13. The quantitative estimate of drug-likeness (QED) is 0.340. The van der Waals surface area contributed by atoms with Crippen LogP contribution in [0.2, 0.25) is 5.02 Å². The van der Waals surface area contributed by atoms with Crippen molar-refractivity contribution in [1.82, 2.24) is 9.80 Å². The first-order valence-corrected chi connectivity index (χ1v) is 13.3. The first kappa shape index (κ1) is 26.9. The number of ether oxygens (including phenoxy) is 1. The molecule has 3 saturated heterocycles. The van der Waals surface area contributed by atoms with E-state index in [4.69, 9.17) is 16.3 Å². The molecule has 4 rings (SSSR count). The van der Waals surface area contributed by atoms with Gasteiger partial charge in [0.1, 0.15) is 11.6 Å². The van der Waals surface area contributed by atoms with Crippen LogP contribution in [0.25, 0.3) is 0 Å². The van der Waals surface area contributed by atoms with Gasteiger partial charge in [0.25, 0.3) is 5.91 Å². The van der Waals surface area contributed by atoms with E-state index in [0.29, 0.717) is 30.1 Å². The Morgan fingerprint density at radius 2 is 1.97 bits per heavy atom. The van der Waals surface area contributed by atoms with Gasteiger partial charge in [0.2, 0.25) is 11.8 Å². The summed E-state index contributed by atoms with van der Waals surface area (Å²) in [7, 11) is 1.67. The first-order chi connectivity index (χ1) is 17.2. The van der Waals surface area contributed by atoms with Crippen molar-refractivity contribution in [3.8, 4) is 0 Å². The topological polar surface area (TPSA) is 90.4 Å². The molecule has 1 N–H and O–H groups in total. The lowest BCUT2D eigenvalue weighted by molar-refractivity contribution is -0.144. The number of hydrogen-bond acceptors (Lipinski definition) is 5. The fraction of sp³-hybridized carbons (Fsp3) is 0.500. The number of likely N-dealkylation sites (tertiary alicyclic amines) is 1. The molecule has 6 atom stereocenters. The molecule has 1 spiro atoms. The van der Waals surface area contributed by atoms with Gasteiger partial charge in [-0.3, -0.25) is 14.4 Å². The zero-order chi connectivity index (χ0) is 26.2. The third-order valence-electron chi connectivity index (χ3n) is 7.37. The van der Waals surface area contributed by atoms with E-state index in [1.54, 1.807) is 43.5 Å². The molecular formula is C26H31BrClN3O5. The zero-order valence-electron chi connectivity index (χ0n) is 20.2. The molecule has 0 radical (unpaired) electrons. The van der Waals surface area contributed by atoms with Crippen molar-refractivity contribution < 1.29 is 24.2 Å². The highest BCUT2D eigenvalue weighted by Gasteiger charge is 2.76. The number of aliphatic hydroxyl groups excluding tert-OH is 1. The second kappa shape index (κ2) is 10.7. The predicted molar refractivity (Wildman–Crippen MR) is 141 cm³/mol. The van der Waals surface area contributed by atoms with Crippen molar-refractivity contribution in [3.63, 3.8) is 0 Å². The fourth-order valence-corrected chi connectivity index (χ4v) is 7.15. The average molecular weight is 581 g/mol. The summed E-state index contributed by atoms with van der Waals surface area (Å²) in [5.41, 5.74) is -0.682. The van der Waals surface area contributed by atoms with Gasteiger partial charge in [0, 0.05) is 38.1 Å². The lowest BCUT2D eigenvalue weighted by Crippen LogP contribution is -2.57. The second-order valence-corrected chi connectivity index (χ2v) is 11.1. The van der Waals surface area contributed by atoms with Crippen LogP contribution in [0.4, 0.5) is 5.69 Å². The number of benzene rings is 1. The molecule has 2 bridgehead atoms. The number of amides is 3. The molecule has 3 heterocycles. The Labute approximate surface area is 224 Å². The Bertz CT molecular complexity index is 1070. The number of fused-ring (bicyclic) bond motifs is 1. The van der Waals surface area contributed by atoms with Gasteiger partial charge in [-0.05, 0) is 25.0 Å². The lowest BCUT2D eigenvalue weighted by atomic mass is 9.70. The minimum Gasteiger partial charge on any atom is -0.396 e. The number of rotatable bonds is 10. The highest BCUT2D eigenvalue weighted by molar-refractivity contribution is 9.09. The van der Waals surface area contributed by atoms with E-state index in [1.807, 2.05) is 0 Å². The number of alkyl halides is 1. The van der Waals surface area contributed by atoms with Crippen molar-refractivity contribution in [2.24, 2.45) is 11.8 Å². The largest absolute Gasteiger partial charge is 0.396 e. The van der Waals surface area contributed by atoms with Crippen LogP contribution in [-0.4, -0.2) is 88.5 Å². The molecule has 0 aromatic heterocycles. The van der Waals surface area contributed by atoms with E-state index in [9.17, 15) is 19.5 Å². The molecule has 3 aliphatic rings. The van der Waals surface area contributed by atoms with E-state index in [0.717, 1.165) is 0 Å². The molecule has 194 valence electrons. The number of anilines is 1. The maximum Gasteiger partial charge on any atom is 0.253 e. The summed E-state index contributed by atoms with van der Waals surface area (Å²) in [5, 5.41) is 9.91. The van der Waals surface area contributed by atoms with Crippen LogP contribution >= 0.6 is 27.5 Å².